The van der Waals surface area contributed by atoms with Crippen molar-refractivity contribution >= 4 is 35.1 Å². The maximum Gasteiger partial charge on any atom is 0.256 e. The third kappa shape index (κ3) is 4.21. The quantitative estimate of drug-likeness (QED) is 0.495. The van der Waals surface area contributed by atoms with Crippen LogP contribution in [-0.4, -0.2) is 45.2 Å². The van der Waals surface area contributed by atoms with Gasteiger partial charge in [0.2, 0.25) is 5.91 Å². The van der Waals surface area contributed by atoms with Gasteiger partial charge in [-0.3, -0.25) is 19.4 Å². The average Bonchev–Trinajstić information content (AvgIpc) is 3.43. The van der Waals surface area contributed by atoms with Crippen LogP contribution < -0.4 is 10.6 Å². The molecular weight excluding hydrogens is 449 g/mol. The van der Waals surface area contributed by atoms with Gasteiger partial charge in [0.1, 0.15) is 11.9 Å². The number of nitrogens with zero attached hydrogens (tertiary/aromatic N) is 2. The molecule has 2 aliphatic heterocycles. The number of aromatic amines is 1. The first kappa shape index (κ1) is 22.5. The number of anilines is 1. The molecule has 1 unspecified atom stereocenters. The van der Waals surface area contributed by atoms with Crippen molar-refractivity contribution in [1.29, 1.82) is 0 Å². The van der Waals surface area contributed by atoms with Crippen LogP contribution in [0, 0.1) is 19.7 Å². The van der Waals surface area contributed by atoms with Crippen molar-refractivity contribution in [3.63, 3.8) is 0 Å². The summed E-state index contributed by atoms with van der Waals surface area (Å²) in [5, 5.41) is 5.59. The number of halogens is 1. The molecule has 2 aliphatic rings. The van der Waals surface area contributed by atoms with E-state index in [0.717, 1.165) is 5.56 Å². The number of nitrogens with one attached hydrogen (secondary N) is 3. The Kier molecular flexibility index (Phi) is 5.68. The smallest absolute Gasteiger partial charge is 0.256 e. The van der Waals surface area contributed by atoms with Gasteiger partial charge in [-0.1, -0.05) is 0 Å². The molecule has 3 amide bonds. The largest absolute Gasteiger partial charge is 0.358 e. The first-order valence-corrected chi connectivity index (χ1v) is 11.3. The third-order valence-corrected chi connectivity index (χ3v) is 6.48. The van der Waals surface area contributed by atoms with Gasteiger partial charge in [-0.05, 0) is 67.8 Å². The van der Waals surface area contributed by atoms with Crippen molar-refractivity contribution in [2.45, 2.75) is 32.9 Å². The molecule has 0 spiro atoms. The summed E-state index contributed by atoms with van der Waals surface area (Å²) in [6.45, 7) is 4.56. The van der Waals surface area contributed by atoms with Crippen molar-refractivity contribution in [2.75, 3.05) is 11.9 Å². The molecule has 0 bridgehead atoms. The SMILES string of the molecule is Cc1[nH]c(/C=C2\C(=O)Nc3ccc(F)cc32)c(C)c1C(=O)NC1CCN(Cc2ccncc2)C1=O. The Balaban J connectivity index is 1.34. The highest BCUT2D eigenvalue weighted by Gasteiger charge is 2.34. The molecule has 2 aromatic heterocycles. The van der Waals surface area contributed by atoms with Crippen molar-refractivity contribution in [1.82, 2.24) is 20.2 Å². The molecule has 5 rings (SSSR count). The Morgan fingerprint density at radius 1 is 1.23 bits per heavy atom. The molecule has 0 radical (unpaired) electrons. The lowest BCUT2D eigenvalue weighted by molar-refractivity contribution is -0.129. The van der Waals surface area contributed by atoms with Gasteiger partial charge >= 0.3 is 0 Å². The lowest BCUT2D eigenvalue weighted by atomic mass is 10.0. The number of rotatable bonds is 5. The van der Waals surface area contributed by atoms with E-state index in [9.17, 15) is 18.8 Å². The molecule has 1 fully saturated rings. The van der Waals surface area contributed by atoms with Crippen LogP contribution in [0.25, 0.3) is 11.6 Å². The van der Waals surface area contributed by atoms with Crippen LogP contribution in [0.1, 0.15) is 44.9 Å². The maximum atomic E-state index is 13.8. The number of aromatic nitrogens is 2. The number of aryl methyl sites for hydroxylation is 1. The summed E-state index contributed by atoms with van der Waals surface area (Å²) in [4.78, 5) is 47.4. The predicted octanol–water partition coefficient (Wildman–Crippen LogP) is 3.19. The molecule has 8 nitrogen and oxygen atoms in total. The maximum absolute atomic E-state index is 13.8. The number of benzene rings is 1. The molecule has 1 atom stereocenters. The first-order chi connectivity index (χ1) is 16.8. The summed E-state index contributed by atoms with van der Waals surface area (Å²) < 4.78 is 13.8. The number of pyridine rings is 1. The van der Waals surface area contributed by atoms with Crippen LogP contribution in [0.4, 0.5) is 10.1 Å². The van der Waals surface area contributed by atoms with Crippen molar-refractivity contribution in [3.05, 3.63) is 82.2 Å². The number of H-pyrrole nitrogens is 1. The van der Waals surface area contributed by atoms with E-state index in [-0.39, 0.29) is 17.7 Å². The average molecular weight is 474 g/mol. The molecule has 0 aliphatic carbocycles. The highest BCUT2D eigenvalue weighted by Crippen LogP contribution is 2.34. The number of hydrogen-bond acceptors (Lipinski definition) is 4. The molecule has 1 aromatic carbocycles. The van der Waals surface area contributed by atoms with Crippen LogP contribution in [0.3, 0.4) is 0 Å². The minimum absolute atomic E-state index is 0.121. The molecular formula is C26H24FN5O3. The fourth-order valence-electron chi connectivity index (χ4n) is 4.68. The normalized spacial score (nSPS) is 18.2. The highest BCUT2D eigenvalue weighted by atomic mass is 19.1. The minimum Gasteiger partial charge on any atom is -0.358 e. The summed E-state index contributed by atoms with van der Waals surface area (Å²) >= 11 is 0. The predicted molar refractivity (Wildman–Crippen MR) is 129 cm³/mol. The Morgan fingerprint density at radius 2 is 2.00 bits per heavy atom. The number of carbonyl (C=O) groups is 3. The van der Waals surface area contributed by atoms with Gasteiger partial charge in [0.15, 0.2) is 0 Å². The Morgan fingerprint density at radius 3 is 2.77 bits per heavy atom. The Hall–Kier alpha value is -4.27. The van der Waals surface area contributed by atoms with Gasteiger partial charge in [-0.2, -0.15) is 0 Å². The minimum atomic E-state index is -0.602. The molecule has 9 heteroatoms. The molecule has 35 heavy (non-hydrogen) atoms. The molecule has 4 heterocycles. The van der Waals surface area contributed by atoms with E-state index < -0.39 is 11.9 Å². The Bertz CT molecular complexity index is 1380. The van der Waals surface area contributed by atoms with Gasteiger partial charge in [0.05, 0.1) is 11.1 Å². The van der Waals surface area contributed by atoms with E-state index in [2.05, 4.69) is 20.6 Å². The lowest BCUT2D eigenvalue weighted by Crippen LogP contribution is -2.41. The zero-order valence-corrected chi connectivity index (χ0v) is 19.3. The monoisotopic (exact) mass is 473 g/mol. The van der Waals surface area contributed by atoms with Crippen LogP contribution >= 0.6 is 0 Å². The van der Waals surface area contributed by atoms with E-state index >= 15 is 0 Å². The zero-order valence-electron chi connectivity index (χ0n) is 19.3. The lowest BCUT2D eigenvalue weighted by Gasteiger charge is -2.17. The number of fused-ring (bicyclic) bond motifs is 1. The Labute approximate surface area is 201 Å². The third-order valence-electron chi connectivity index (χ3n) is 6.48. The summed E-state index contributed by atoms with van der Waals surface area (Å²) in [5.74, 6) is -1.25. The van der Waals surface area contributed by atoms with Gasteiger partial charge < -0.3 is 20.5 Å². The highest BCUT2D eigenvalue weighted by molar-refractivity contribution is 6.34. The number of carbonyl (C=O) groups excluding carboxylic acids is 3. The van der Waals surface area contributed by atoms with Crippen LogP contribution in [0.5, 0.6) is 0 Å². The summed E-state index contributed by atoms with van der Waals surface area (Å²) in [6, 6.07) is 7.23. The topological polar surface area (TPSA) is 107 Å². The van der Waals surface area contributed by atoms with Gasteiger partial charge in [-0.15, -0.1) is 0 Å². The number of likely N-dealkylation sites (tertiary alicyclic amines) is 1. The summed E-state index contributed by atoms with van der Waals surface area (Å²) in [6.07, 6.45) is 5.52. The van der Waals surface area contributed by atoms with Gasteiger partial charge in [0.25, 0.3) is 11.8 Å². The number of hydrogen-bond donors (Lipinski definition) is 3. The zero-order chi connectivity index (χ0) is 24.7. The molecule has 3 aromatic rings. The number of amides is 3. The van der Waals surface area contributed by atoms with E-state index in [1.807, 2.05) is 12.1 Å². The van der Waals surface area contributed by atoms with Crippen LogP contribution in [-0.2, 0) is 16.1 Å². The fourth-order valence-corrected chi connectivity index (χ4v) is 4.68. The molecule has 1 saturated heterocycles. The van der Waals surface area contributed by atoms with Crippen molar-refractivity contribution < 1.29 is 18.8 Å². The fraction of sp³-hybridized carbons (Fsp3) is 0.231. The molecule has 0 saturated carbocycles. The van der Waals surface area contributed by atoms with Gasteiger partial charge in [-0.25, -0.2) is 4.39 Å². The van der Waals surface area contributed by atoms with E-state index in [4.69, 9.17) is 0 Å². The second-order valence-electron chi connectivity index (χ2n) is 8.80. The van der Waals surface area contributed by atoms with Gasteiger partial charge in [0, 0.05) is 48.1 Å². The standard InChI is InChI=1S/C26H24FN5O3/c1-14-22(12-19-18-11-17(27)3-4-20(18)30-24(19)33)29-15(2)23(14)25(34)31-21-7-10-32(26(21)35)13-16-5-8-28-9-6-16/h3-6,8-9,11-12,21,29H,7,10,13H2,1-2H3,(H,30,33)(H,31,34)/b19-12-. The van der Waals surface area contributed by atoms with Crippen LogP contribution in [0.2, 0.25) is 0 Å². The molecule has 178 valence electrons. The second-order valence-corrected chi connectivity index (χ2v) is 8.80. The van der Waals surface area contributed by atoms with Crippen LogP contribution in [0.15, 0.2) is 42.7 Å². The van der Waals surface area contributed by atoms with E-state index in [1.165, 1.54) is 18.2 Å². The summed E-state index contributed by atoms with van der Waals surface area (Å²) in [7, 11) is 0. The summed E-state index contributed by atoms with van der Waals surface area (Å²) in [5.41, 5.74) is 4.56. The second kappa shape index (κ2) is 8.83. The van der Waals surface area contributed by atoms with E-state index in [1.54, 1.807) is 37.2 Å². The molecule has 3 N–H and O–H groups in total. The van der Waals surface area contributed by atoms with E-state index in [0.29, 0.717) is 58.8 Å². The first-order valence-electron chi connectivity index (χ1n) is 11.3. The van der Waals surface area contributed by atoms with Crippen molar-refractivity contribution in [2.24, 2.45) is 0 Å². The van der Waals surface area contributed by atoms with Crippen molar-refractivity contribution in [3.8, 4) is 0 Å².